The molecule has 2 aromatic heterocycles. The van der Waals surface area contributed by atoms with Crippen LogP contribution >= 0.6 is 11.8 Å². The van der Waals surface area contributed by atoms with Crippen LogP contribution < -0.4 is 5.32 Å². The lowest BCUT2D eigenvalue weighted by Crippen LogP contribution is -2.15. The normalized spacial score (nSPS) is 10.8. The van der Waals surface area contributed by atoms with E-state index in [2.05, 4.69) is 20.5 Å². The minimum absolute atomic E-state index is 0.111. The molecule has 0 aliphatic heterocycles. The maximum atomic E-state index is 12.9. The van der Waals surface area contributed by atoms with Gasteiger partial charge in [0, 0.05) is 34.9 Å². The van der Waals surface area contributed by atoms with Crippen LogP contribution in [0.1, 0.15) is 5.56 Å². The summed E-state index contributed by atoms with van der Waals surface area (Å²) in [5, 5.41) is 12.5. The zero-order valence-corrected chi connectivity index (χ0v) is 19.9. The Balaban J connectivity index is 1.38. The highest BCUT2D eigenvalue weighted by Gasteiger charge is 2.18. The van der Waals surface area contributed by atoms with Crippen LogP contribution in [0.15, 0.2) is 109 Å². The van der Waals surface area contributed by atoms with E-state index in [1.165, 1.54) is 11.8 Å². The first-order valence-electron chi connectivity index (χ1n) is 11.2. The number of pyridine rings is 1. The number of nitrogens with zero attached hydrogens (tertiary/aromatic N) is 4. The molecule has 0 bridgehead atoms. The molecule has 0 atom stereocenters. The first-order valence-corrected chi connectivity index (χ1v) is 12.2. The first-order chi connectivity index (χ1) is 17.2. The van der Waals surface area contributed by atoms with Gasteiger partial charge in [0.1, 0.15) is 0 Å². The van der Waals surface area contributed by atoms with Gasteiger partial charge in [-0.05, 0) is 42.8 Å². The maximum Gasteiger partial charge on any atom is 0.234 e. The summed E-state index contributed by atoms with van der Waals surface area (Å²) >= 11 is 1.35. The molecule has 0 saturated carbocycles. The lowest BCUT2D eigenvalue weighted by molar-refractivity contribution is -0.113. The third kappa shape index (κ3) is 5.15. The molecule has 0 unspecified atom stereocenters. The third-order valence-electron chi connectivity index (χ3n) is 5.46. The average molecular weight is 478 g/mol. The smallest absolute Gasteiger partial charge is 0.234 e. The Morgan fingerprint density at radius 2 is 1.60 bits per heavy atom. The number of thioether (sulfide) groups is 1. The number of carbonyl (C=O) groups excluding carboxylic acids is 1. The van der Waals surface area contributed by atoms with Crippen molar-refractivity contribution in [2.24, 2.45) is 0 Å². The second kappa shape index (κ2) is 10.4. The van der Waals surface area contributed by atoms with Crippen molar-refractivity contribution in [3.63, 3.8) is 0 Å². The monoisotopic (exact) mass is 477 g/mol. The van der Waals surface area contributed by atoms with Gasteiger partial charge in [-0.3, -0.25) is 14.3 Å². The van der Waals surface area contributed by atoms with Gasteiger partial charge < -0.3 is 5.32 Å². The van der Waals surface area contributed by atoms with Crippen molar-refractivity contribution in [3.8, 4) is 28.2 Å². The topological polar surface area (TPSA) is 72.7 Å². The predicted octanol–water partition coefficient (Wildman–Crippen LogP) is 6.04. The van der Waals surface area contributed by atoms with Crippen molar-refractivity contribution in [3.05, 3.63) is 109 Å². The number of amides is 1. The number of nitrogens with one attached hydrogen (secondary N) is 1. The number of benzene rings is 3. The fourth-order valence-corrected chi connectivity index (χ4v) is 4.50. The lowest BCUT2D eigenvalue weighted by atomic mass is 10.0. The summed E-state index contributed by atoms with van der Waals surface area (Å²) < 4.78 is 1.96. The van der Waals surface area contributed by atoms with Crippen molar-refractivity contribution in [2.45, 2.75) is 12.1 Å². The van der Waals surface area contributed by atoms with Crippen LogP contribution in [-0.2, 0) is 4.79 Å². The summed E-state index contributed by atoms with van der Waals surface area (Å²) in [7, 11) is 0. The molecule has 0 aliphatic carbocycles. The Morgan fingerprint density at radius 1 is 0.857 bits per heavy atom. The molecule has 2 heterocycles. The Morgan fingerprint density at radius 3 is 2.37 bits per heavy atom. The van der Waals surface area contributed by atoms with E-state index in [1.54, 1.807) is 12.4 Å². The van der Waals surface area contributed by atoms with Crippen LogP contribution in [0.3, 0.4) is 0 Å². The molecule has 0 fully saturated rings. The van der Waals surface area contributed by atoms with Crippen LogP contribution in [0.25, 0.3) is 28.2 Å². The molecule has 0 saturated heterocycles. The summed E-state index contributed by atoms with van der Waals surface area (Å²) in [5.41, 5.74) is 5.76. The number of hydrogen-bond donors (Lipinski definition) is 1. The number of aryl methyl sites for hydroxylation is 1. The SMILES string of the molecule is Cc1ccc(-n2c(SCC(=O)Nc3ccccc3-c3ccccc3)nnc2-c2cccnc2)cc1. The van der Waals surface area contributed by atoms with E-state index in [1.807, 2.05) is 102 Å². The van der Waals surface area contributed by atoms with Gasteiger partial charge in [0.15, 0.2) is 11.0 Å². The summed E-state index contributed by atoms with van der Waals surface area (Å²) in [6.07, 6.45) is 3.49. The molecule has 1 amide bonds. The highest BCUT2D eigenvalue weighted by molar-refractivity contribution is 7.99. The van der Waals surface area contributed by atoms with Crippen molar-refractivity contribution in [2.75, 3.05) is 11.1 Å². The number of rotatable bonds is 7. The van der Waals surface area contributed by atoms with Crippen LogP contribution in [0.5, 0.6) is 0 Å². The Labute approximate surface area is 208 Å². The van der Waals surface area contributed by atoms with Gasteiger partial charge in [0.05, 0.1) is 5.75 Å². The number of anilines is 1. The van der Waals surface area contributed by atoms with Crippen LogP contribution in [-0.4, -0.2) is 31.4 Å². The standard InChI is InChI=1S/C28H23N5OS/c1-20-13-15-23(16-14-20)33-27(22-10-7-17-29-18-22)31-32-28(33)35-19-26(34)30-25-12-6-5-11-24(25)21-8-3-2-4-9-21/h2-18H,19H2,1H3,(H,30,34). The zero-order valence-electron chi connectivity index (χ0n) is 19.1. The molecular formula is C28H23N5OS. The van der Waals surface area contributed by atoms with Crippen LogP contribution in [0, 0.1) is 6.92 Å². The van der Waals surface area contributed by atoms with Gasteiger partial charge in [0.2, 0.25) is 5.91 Å². The van der Waals surface area contributed by atoms with E-state index in [-0.39, 0.29) is 11.7 Å². The predicted molar refractivity (Wildman–Crippen MR) is 141 cm³/mol. The van der Waals surface area contributed by atoms with Gasteiger partial charge in [-0.15, -0.1) is 10.2 Å². The highest BCUT2D eigenvalue weighted by Crippen LogP contribution is 2.30. The fourth-order valence-electron chi connectivity index (χ4n) is 3.75. The second-order valence-corrected chi connectivity index (χ2v) is 8.91. The maximum absolute atomic E-state index is 12.9. The van der Waals surface area contributed by atoms with Crippen molar-refractivity contribution >= 4 is 23.4 Å². The van der Waals surface area contributed by atoms with Gasteiger partial charge in [-0.2, -0.15) is 0 Å². The van der Waals surface area contributed by atoms with Crippen molar-refractivity contribution < 1.29 is 4.79 Å². The minimum atomic E-state index is -0.111. The first kappa shape index (κ1) is 22.6. The lowest BCUT2D eigenvalue weighted by Gasteiger charge is -2.12. The zero-order chi connectivity index (χ0) is 24.0. The highest BCUT2D eigenvalue weighted by atomic mass is 32.2. The van der Waals surface area contributed by atoms with E-state index in [9.17, 15) is 4.79 Å². The summed E-state index contributed by atoms with van der Waals surface area (Å²) in [5.74, 6) is 0.763. The largest absolute Gasteiger partial charge is 0.325 e. The molecule has 5 rings (SSSR count). The molecule has 0 radical (unpaired) electrons. The van der Waals surface area contributed by atoms with E-state index in [0.717, 1.165) is 33.6 Å². The molecule has 3 aromatic carbocycles. The molecule has 35 heavy (non-hydrogen) atoms. The Kier molecular flexibility index (Phi) is 6.68. The van der Waals surface area contributed by atoms with E-state index in [4.69, 9.17) is 0 Å². The molecule has 1 N–H and O–H groups in total. The summed E-state index contributed by atoms with van der Waals surface area (Å²) in [4.78, 5) is 17.2. The van der Waals surface area contributed by atoms with E-state index in [0.29, 0.717) is 11.0 Å². The summed E-state index contributed by atoms with van der Waals surface area (Å²) in [6, 6.07) is 29.8. The molecule has 5 aromatic rings. The Bertz CT molecular complexity index is 1430. The molecular weight excluding hydrogens is 454 g/mol. The molecule has 0 aliphatic rings. The fraction of sp³-hybridized carbons (Fsp3) is 0.0714. The average Bonchev–Trinajstić information content (AvgIpc) is 3.33. The van der Waals surface area contributed by atoms with Crippen LogP contribution in [0.4, 0.5) is 5.69 Å². The molecule has 7 heteroatoms. The molecule has 172 valence electrons. The van der Waals surface area contributed by atoms with Gasteiger partial charge in [-0.1, -0.05) is 78.0 Å². The Hall–Kier alpha value is -4.23. The quantitative estimate of drug-likeness (QED) is 0.290. The minimum Gasteiger partial charge on any atom is -0.325 e. The number of hydrogen-bond acceptors (Lipinski definition) is 5. The third-order valence-corrected chi connectivity index (χ3v) is 6.39. The number of para-hydroxylation sites is 1. The second-order valence-electron chi connectivity index (χ2n) is 7.97. The van der Waals surface area contributed by atoms with Gasteiger partial charge in [0.25, 0.3) is 0 Å². The molecule has 6 nitrogen and oxygen atoms in total. The van der Waals surface area contributed by atoms with Crippen molar-refractivity contribution in [1.29, 1.82) is 0 Å². The van der Waals surface area contributed by atoms with E-state index >= 15 is 0 Å². The van der Waals surface area contributed by atoms with Gasteiger partial charge >= 0.3 is 0 Å². The van der Waals surface area contributed by atoms with Crippen LogP contribution in [0.2, 0.25) is 0 Å². The number of aromatic nitrogens is 4. The van der Waals surface area contributed by atoms with Crippen molar-refractivity contribution in [1.82, 2.24) is 19.7 Å². The molecule has 0 spiro atoms. The van der Waals surface area contributed by atoms with E-state index < -0.39 is 0 Å². The summed E-state index contributed by atoms with van der Waals surface area (Å²) in [6.45, 7) is 2.05. The number of carbonyl (C=O) groups is 1. The van der Waals surface area contributed by atoms with Gasteiger partial charge in [-0.25, -0.2) is 0 Å².